The molecule has 3 heterocycles. The molecule has 0 spiro atoms. The van der Waals surface area contributed by atoms with Crippen LogP contribution in [0.25, 0.3) is 17.0 Å². The van der Waals surface area contributed by atoms with Gasteiger partial charge in [0.05, 0.1) is 29.8 Å². The van der Waals surface area contributed by atoms with E-state index in [2.05, 4.69) is 25.9 Å². The number of hydrogen-bond donors (Lipinski definition) is 4. The fraction of sp³-hybridized carbons (Fsp3) is 0.115. The number of para-hydroxylation sites is 2. The fourth-order valence-electron chi connectivity index (χ4n) is 3.75. The Morgan fingerprint density at radius 3 is 2.63 bits per heavy atom. The van der Waals surface area contributed by atoms with E-state index < -0.39 is 12.7 Å². The Morgan fingerprint density at radius 1 is 1.08 bits per heavy atom. The van der Waals surface area contributed by atoms with Crippen molar-refractivity contribution in [1.29, 1.82) is 0 Å². The summed E-state index contributed by atoms with van der Waals surface area (Å²) in [5.41, 5.74) is 10.9. The molecule has 0 atom stereocenters. The molecule has 5 rings (SSSR count). The van der Waals surface area contributed by atoms with Crippen molar-refractivity contribution in [2.75, 3.05) is 22.9 Å². The number of halogens is 3. The van der Waals surface area contributed by atoms with E-state index >= 15 is 0 Å². The van der Waals surface area contributed by atoms with Crippen LogP contribution in [-0.2, 0) is 6.54 Å². The highest BCUT2D eigenvalue weighted by Crippen LogP contribution is 2.28. The second kappa shape index (κ2) is 10.5. The Hall–Kier alpha value is -4.42. The number of alkyl halides is 3. The molecule has 0 saturated heterocycles. The van der Waals surface area contributed by atoms with E-state index in [1.165, 1.54) is 11.3 Å². The summed E-state index contributed by atoms with van der Waals surface area (Å²) in [6, 6.07) is 17.5. The highest BCUT2D eigenvalue weighted by atomic mass is 32.1. The number of fused-ring (bicyclic) bond motifs is 1. The van der Waals surface area contributed by atoms with Crippen molar-refractivity contribution in [2.24, 2.45) is 0 Å². The van der Waals surface area contributed by atoms with Gasteiger partial charge >= 0.3 is 6.18 Å². The molecule has 2 aromatic carbocycles. The van der Waals surface area contributed by atoms with Gasteiger partial charge in [0.2, 0.25) is 0 Å². The lowest BCUT2D eigenvalue weighted by atomic mass is 10.2. The highest BCUT2D eigenvalue weighted by molar-refractivity contribution is 7.14. The van der Waals surface area contributed by atoms with Crippen LogP contribution in [0.5, 0.6) is 0 Å². The number of carbonyl (C=O) groups is 1. The smallest absolute Gasteiger partial charge is 0.397 e. The molecule has 38 heavy (non-hydrogen) atoms. The van der Waals surface area contributed by atoms with E-state index in [0.717, 1.165) is 11.4 Å². The molecule has 5 N–H and O–H groups in total. The zero-order valence-corrected chi connectivity index (χ0v) is 20.6. The third-order valence-corrected chi connectivity index (χ3v) is 6.36. The molecule has 0 fully saturated rings. The number of anilines is 4. The molecular weight excluding hydrogens is 515 g/mol. The summed E-state index contributed by atoms with van der Waals surface area (Å²) < 4.78 is 38.9. The number of nitrogens with one attached hydrogen (secondary N) is 3. The predicted octanol–water partition coefficient (Wildman–Crippen LogP) is 5.69. The maximum Gasteiger partial charge on any atom is 0.401 e. The van der Waals surface area contributed by atoms with Crippen molar-refractivity contribution >= 4 is 45.1 Å². The van der Waals surface area contributed by atoms with Crippen LogP contribution in [0.15, 0.2) is 78.4 Å². The number of hydrogen-bond acceptors (Lipinski definition) is 7. The number of pyridine rings is 1. The van der Waals surface area contributed by atoms with Gasteiger partial charge < -0.3 is 21.7 Å². The Morgan fingerprint density at radius 2 is 1.87 bits per heavy atom. The highest BCUT2D eigenvalue weighted by Gasteiger charge is 2.26. The van der Waals surface area contributed by atoms with E-state index in [0.29, 0.717) is 39.0 Å². The molecule has 0 unspecified atom stereocenters. The molecule has 0 aliphatic carbocycles. The van der Waals surface area contributed by atoms with Crippen molar-refractivity contribution in [2.45, 2.75) is 12.7 Å². The standard InChI is InChI=1S/C26H22F3N7OS/c27-26(28,29)15-31-12-16-9-10-36-22(13-32-23(36)11-16)21-14-38-25(35-21)33-18-7-5-17(6-8-18)24(37)34-20-4-2-1-3-19(20)30/h1-11,13-14,31H,12,15,30H2,(H,33,35)(H,34,37). The van der Waals surface area contributed by atoms with Gasteiger partial charge in [0.1, 0.15) is 11.3 Å². The summed E-state index contributed by atoms with van der Waals surface area (Å²) in [5.74, 6) is -0.266. The number of benzene rings is 2. The Labute approximate surface area is 219 Å². The van der Waals surface area contributed by atoms with Gasteiger partial charge in [-0.15, -0.1) is 11.3 Å². The molecule has 194 valence electrons. The second-order valence-corrected chi connectivity index (χ2v) is 9.27. The minimum Gasteiger partial charge on any atom is -0.397 e. The van der Waals surface area contributed by atoms with Gasteiger partial charge in [-0.1, -0.05) is 12.1 Å². The maximum atomic E-state index is 12.5. The van der Waals surface area contributed by atoms with Gasteiger partial charge in [-0.2, -0.15) is 13.2 Å². The van der Waals surface area contributed by atoms with Crippen LogP contribution in [0, 0.1) is 0 Å². The zero-order valence-electron chi connectivity index (χ0n) is 19.8. The summed E-state index contributed by atoms with van der Waals surface area (Å²) in [5, 5.41) is 10.9. The summed E-state index contributed by atoms with van der Waals surface area (Å²) in [7, 11) is 0. The SMILES string of the molecule is Nc1ccccc1NC(=O)c1ccc(Nc2nc(-c3cnc4cc(CNCC(F)(F)F)ccn34)cs2)cc1. The lowest BCUT2D eigenvalue weighted by Gasteiger charge is -2.09. The van der Waals surface area contributed by atoms with E-state index in [1.54, 1.807) is 73.1 Å². The topological polar surface area (TPSA) is 109 Å². The summed E-state index contributed by atoms with van der Waals surface area (Å²) in [6.45, 7) is -0.963. The second-order valence-electron chi connectivity index (χ2n) is 8.41. The molecule has 1 amide bonds. The van der Waals surface area contributed by atoms with Crippen molar-refractivity contribution in [3.63, 3.8) is 0 Å². The Bertz CT molecular complexity index is 1580. The lowest BCUT2D eigenvalue weighted by Crippen LogP contribution is -2.28. The number of carbonyl (C=O) groups excluding carboxylic acids is 1. The maximum absolute atomic E-state index is 12.5. The molecule has 12 heteroatoms. The van der Waals surface area contributed by atoms with Crippen molar-refractivity contribution < 1.29 is 18.0 Å². The summed E-state index contributed by atoms with van der Waals surface area (Å²) >= 11 is 1.41. The largest absolute Gasteiger partial charge is 0.401 e. The number of nitrogens with two attached hydrogens (primary N) is 1. The van der Waals surface area contributed by atoms with E-state index in [9.17, 15) is 18.0 Å². The molecule has 0 aliphatic rings. The van der Waals surface area contributed by atoms with Crippen molar-refractivity contribution in [1.82, 2.24) is 19.7 Å². The minimum absolute atomic E-state index is 0.0870. The van der Waals surface area contributed by atoms with Gasteiger partial charge in [0, 0.05) is 29.4 Å². The first kappa shape index (κ1) is 25.2. The number of amides is 1. The number of nitrogen functional groups attached to an aromatic ring is 1. The summed E-state index contributed by atoms with van der Waals surface area (Å²) in [6.07, 6.45) is -0.815. The quantitative estimate of drug-likeness (QED) is 0.190. The number of nitrogens with zero attached hydrogens (tertiary/aromatic N) is 3. The van der Waals surface area contributed by atoms with Crippen LogP contribution in [0.2, 0.25) is 0 Å². The number of aromatic nitrogens is 3. The van der Waals surface area contributed by atoms with Crippen LogP contribution in [0.3, 0.4) is 0 Å². The first-order chi connectivity index (χ1) is 18.2. The van der Waals surface area contributed by atoms with Crippen LogP contribution < -0.4 is 21.7 Å². The summed E-state index contributed by atoms with van der Waals surface area (Å²) in [4.78, 5) is 21.6. The molecule has 0 saturated carbocycles. The molecule has 0 bridgehead atoms. The first-order valence-corrected chi connectivity index (χ1v) is 12.4. The van der Waals surface area contributed by atoms with Crippen LogP contribution in [-0.4, -0.2) is 33.0 Å². The Kier molecular flexibility index (Phi) is 6.99. The monoisotopic (exact) mass is 537 g/mol. The number of thiazole rings is 1. The minimum atomic E-state index is -4.25. The van der Waals surface area contributed by atoms with Gasteiger partial charge in [-0.3, -0.25) is 9.20 Å². The van der Waals surface area contributed by atoms with E-state index in [-0.39, 0.29) is 12.5 Å². The third-order valence-electron chi connectivity index (χ3n) is 5.61. The van der Waals surface area contributed by atoms with Gasteiger partial charge in [-0.25, -0.2) is 9.97 Å². The van der Waals surface area contributed by atoms with Crippen LogP contribution in [0.1, 0.15) is 15.9 Å². The molecule has 8 nitrogen and oxygen atoms in total. The van der Waals surface area contributed by atoms with E-state index in [1.807, 2.05) is 9.78 Å². The number of imidazole rings is 1. The average Bonchev–Trinajstić information content (AvgIpc) is 3.51. The molecule has 0 radical (unpaired) electrons. The molecule has 5 aromatic rings. The molecular formula is C26H22F3N7OS. The van der Waals surface area contributed by atoms with E-state index in [4.69, 9.17) is 5.73 Å². The van der Waals surface area contributed by atoms with Crippen LogP contribution in [0.4, 0.5) is 35.4 Å². The van der Waals surface area contributed by atoms with Gasteiger partial charge in [0.15, 0.2) is 5.13 Å². The van der Waals surface area contributed by atoms with Crippen LogP contribution >= 0.6 is 11.3 Å². The zero-order chi connectivity index (χ0) is 26.7. The predicted molar refractivity (Wildman–Crippen MR) is 143 cm³/mol. The molecule has 0 aliphatic heterocycles. The fourth-order valence-corrected chi connectivity index (χ4v) is 4.48. The van der Waals surface area contributed by atoms with Gasteiger partial charge in [-0.05, 0) is 54.1 Å². The lowest BCUT2D eigenvalue weighted by molar-refractivity contribution is -0.125. The first-order valence-electron chi connectivity index (χ1n) is 11.5. The Balaban J connectivity index is 1.23. The third kappa shape index (κ3) is 5.93. The number of rotatable bonds is 8. The van der Waals surface area contributed by atoms with Gasteiger partial charge in [0.25, 0.3) is 5.91 Å². The average molecular weight is 538 g/mol. The molecule has 3 aromatic heterocycles. The van der Waals surface area contributed by atoms with Crippen molar-refractivity contribution in [3.05, 3.63) is 89.6 Å². The van der Waals surface area contributed by atoms with Crippen molar-refractivity contribution in [3.8, 4) is 11.4 Å². The normalized spacial score (nSPS) is 11.6.